The highest BCUT2D eigenvalue weighted by atomic mass is 16.7. The van der Waals surface area contributed by atoms with Crippen LogP contribution in [0.15, 0.2) is 90.0 Å². The largest absolute Gasteiger partial charge is 0.497 e. The van der Waals surface area contributed by atoms with Crippen molar-refractivity contribution in [3.05, 3.63) is 112 Å². The molecule has 0 bridgehead atoms. The third-order valence-electron chi connectivity index (χ3n) is 6.08. The van der Waals surface area contributed by atoms with Crippen LogP contribution in [-0.4, -0.2) is 47.4 Å². The van der Waals surface area contributed by atoms with E-state index in [4.69, 9.17) is 16.2 Å². The van der Waals surface area contributed by atoms with Gasteiger partial charge in [0.25, 0.3) is 5.96 Å². The monoisotopic (exact) mass is 532 g/mol. The van der Waals surface area contributed by atoms with Crippen LogP contribution in [0, 0.1) is 10.1 Å². The number of hydrazone groups is 1. The van der Waals surface area contributed by atoms with Crippen molar-refractivity contribution in [3.8, 4) is 5.75 Å². The summed E-state index contributed by atoms with van der Waals surface area (Å²) in [6.45, 7) is 0.325. The predicted octanol–water partition coefficient (Wildman–Crippen LogP) is 2.59. The van der Waals surface area contributed by atoms with Gasteiger partial charge in [0.15, 0.2) is 5.03 Å². The zero-order valence-corrected chi connectivity index (χ0v) is 21.6. The van der Waals surface area contributed by atoms with E-state index in [-0.39, 0.29) is 25.4 Å². The van der Waals surface area contributed by atoms with Crippen molar-refractivity contribution >= 4 is 17.8 Å². The molecular weight excluding hydrogens is 500 g/mol. The van der Waals surface area contributed by atoms with E-state index in [9.17, 15) is 19.7 Å². The highest BCUT2D eigenvalue weighted by Crippen LogP contribution is 2.30. The van der Waals surface area contributed by atoms with Crippen LogP contribution in [0.1, 0.15) is 35.4 Å². The first-order valence-electron chi connectivity index (χ1n) is 12.4. The summed E-state index contributed by atoms with van der Waals surface area (Å²) in [5.41, 5.74) is 13.6. The molecule has 204 valence electrons. The molecule has 5 N–H and O–H groups in total. The lowest BCUT2D eigenvalue weighted by molar-refractivity contribution is -0.485. The van der Waals surface area contributed by atoms with Crippen LogP contribution in [-0.2, 0) is 16.1 Å². The van der Waals surface area contributed by atoms with E-state index in [1.54, 1.807) is 18.2 Å². The number of guanidine groups is 1. The highest BCUT2D eigenvalue weighted by molar-refractivity contribution is 6.00. The number of hydrogen-bond donors (Lipinski definition) is 3. The number of nitrogens with one attached hydrogen (secondary N) is 1. The molecule has 11 nitrogen and oxygen atoms in total. The van der Waals surface area contributed by atoms with Gasteiger partial charge in [0.05, 0.1) is 13.0 Å². The molecule has 0 aromatic heterocycles. The van der Waals surface area contributed by atoms with Crippen LogP contribution < -0.4 is 21.5 Å². The van der Waals surface area contributed by atoms with Gasteiger partial charge in [-0.05, 0) is 48.2 Å². The predicted molar refractivity (Wildman–Crippen MR) is 147 cm³/mol. The van der Waals surface area contributed by atoms with Gasteiger partial charge in [0.2, 0.25) is 11.8 Å². The fourth-order valence-electron chi connectivity index (χ4n) is 4.31. The van der Waals surface area contributed by atoms with Crippen molar-refractivity contribution in [1.82, 2.24) is 10.2 Å². The minimum Gasteiger partial charge on any atom is -0.497 e. The number of hydrogen-bond acceptors (Lipinski definition) is 6. The quantitative estimate of drug-likeness (QED) is 0.139. The van der Waals surface area contributed by atoms with Crippen LogP contribution in [0.2, 0.25) is 0 Å². The Hall–Kier alpha value is -4.77. The maximum absolute atomic E-state index is 14.5. The minimum absolute atomic E-state index is 0.0567. The zero-order valence-electron chi connectivity index (χ0n) is 21.6. The lowest BCUT2D eigenvalue weighted by Gasteiger charge is -2.34. The number of nitrogens with two attached hydrogens (primary N) is 2. The molecule has 0 aliphatic carbocycles. The number of rotatable bonds is 12. The Labute approximate surface area is 226 Å². The van der Waals surface area contributed by atoms with E-state index in [1.165, 1.54) is 12.0 Å². The van der Waals surface area contributed by atoms with E-state index in [0.29, 0.717) is 12.2 Å². The fraction of sp³-hybridized carbons (Fsp3) is 0.250. The van der Waals surface area contributed by atoms with Gasteiger partial charge in [-0.1, -0.05) is 72.8 Å². The maximum atomic E-state index is 14.5. The molecule has 2 amide bonds. The van der Waals surface area contributed by atoms with Gasteiger partial charge < -0.3 is 21.1 Å². The third kappa shape index (κ3) is 8.11. The van der Waals surface area contributed by atoms with Crippen LogP contribution in [0.3, 0.4) is 0 Å². The summed E-state index contributed by atoms with van der Waals surface area (Å²) >= 11 is 0. The van der Waals surface area contributed by atoms with Crippen LogP contribution >= 0.6 is 0 Å². The molecule has 0 radical (unpaired) electrons. The summed E-state index contributed by atoms with van der Waals surface area (Å²) < 4.78 is 5.35. The summed E-state index contributed by atoms with van der Waals surface area (Å²) in [6, 6.07) is 24.6. The minimum atomic E-state index is -1.05. The number of methoxy groups -OCH3 is 1. The first-order valence-corrected chi connectivity index (χ1v) is 12.4. The van der Waals surface area contributed by atoms with Crippen LogP contribution in [0.25, 0.3) is 0 Å². The third-order valence-corrected chi connectivity index (χ3v) is 6.08. The fourth-order valence-corrected chi connectivity index (χ4v) is 4.31. The van der Waals surface area contributed by atoms with Gasteiger partial charge in [-0.25, -0.2) is 10.1 Å². The van der Waals surface area contributed by atoms with Crippen molar-refractivity contribution in [2.75, 3.05) is 13.7 Å². The number of nitro groups is 1. The second-order valence-corrected chi connectivity index (χ2v) is 8.73. The highest BCUT2D eigenvalue weighted by Gasteiger charge is 2.35. The summed E-state index contributed by atoms with van der Waals surface area (Å²) in [7, 11) is 1.54. The molecule has 11 heteroatoms. The second kappa shape index (κ2) is 14.2. The van der Waals surface area contributed by atoms with Gasteiger partial charge in [0, 0.05) is 6.54 Å². The van der Waals surface area contributed by atoms with Gasteiger partial charge >= 0.3 is 0 Å². The van der Waals surface area contributed by atoms with E-state index >= 15 is 0 Å². The molecule has 0 heterocycles. The Morgan fingerprint density at radius 2 is 1.64 bits per heavy atom. The number of nitrogens with zero attached hydrogens (tertiary/aromatic N) is 3. The van der Waals surface area contributed by atoms with Crippen LogP contribution in [0.5, 0.6) is 5.75 Å². The van der Waals surface area contributed by atoms with E-state index < -0.39 is 28.9 Å². The Bertz CT molecular complexity index is 1250. The molecule has 0 fully saturated rings. The Kier molecular flexibility index (Phi) is 10.5. The van der Waals surface area contributed by atoms with Crippen LogP contribution in [0.4, 0.5) is 0 Å². The van der Waals surface area contributed by atoms with Gasteiger partial charge in [-0.15, -0.1) is 0 Å². The molecule has 0 aliphatic rings. The maximum Gasteiger partial charge on any atom is 0.272 e. The van der Waals surface area contributed by atoms with E-state index in [1.807, 2.05) is 66.7 Å². The smallest absolute Gasteiger partial charge is 0.272 e. The first-order chi connectivity index (χ1) is 18.8. The van der Waals surface area contributed by atoms with Crippen molar-refractivity contribution in [3.63, 3.8) is 0 Å². The average Bonchev–Trinajstić information content (AvgIpc) is 2.93. The standard InChI is InChI=1S/C28H32N6O5/c1-39-23-15-8-10-20(18-23)19-33(24(16-9-17-29)26(35)31-28(30)32-34(37)38)27(36)25(21-11-4-2-5-12-21)22-13-6-3-7-14-22/h2-8,10-15,18,24-25H,9,16-17,19,29H2,1H3,(H3,30,31,32,35)/t24-/m0/s1. The number of carbonyl (C=O) groups is 2. The van der Waals surface area contributed by atoms with Gasteiger partial charge in [-0.3, -0.25) is 14.9 Å². The van der Waals surface area contributed by atoms with E-state index in [0.717, 1.165) is 16.7 Å². The van der Waals surface area contributed by atoms with Crippen molar-refractivity contribution in [2.45, 2.75) is 31.3 Å². The molecule has 39 heavy (non-hydrogen) atoms. The molecule has 0 spiro atoms. The number of benzene rings is 3. The summed E-state index contributed by atoms with van der Waals surface area (Å²) in [6.07, 6.45) is 0.605. The Morgan fingerprint density at radius 3 is 2.18 bits per heavy atom. The summed E-state index contributed by atoms with van der Waals surface area (Å²) in [4.78, 5) is 40.2. The molecule has 0 saturated heterocycles. The lowest BCUT2D eigenvalue weighted by Crippen LogP contribution is -2.53. The second-order valence-electron chi connectivity index (χ2n) is 8.73. The lowest BCUT2D eigenvalue weighted by atomic mass is 9.89. The van der Waals surface area contributed by atoms with Gasteiger partial charge in [0.1, 0.15) is 16.9 Å². The zero-order chi connectivity index (χ0) is 28.2. The Balaban J connectivity index is 2.12. The summed E-state index contributed by atoms with van der Waals surface area (Å²) in [5.74, 6) is -1.86. The number of carbonyl (C=O) groups excluding carboxylic acids is 2. The number of ether oxygens (including phenoxy) is 1. The molecule has 3 aromatic carbocycles. The molecule has 1 atom stereocenters. The first kappa shape index (κ1) is 28.8. The SMILES string of the molecule is COc1cccc(CN(C(=O)C(c2ccccc2)c2ccccc2)[C@@H](CCCN)C(=O)NC(N)=N[N+](=O)[O-])c1. The molecule has 0 unspecified atom stereocenters. The van der Waals surface area contributed by atoms with Crippen molar-refractivity contribution in [2.24, 2.45) is 16.6 Å². The molecule has 0 saturated carbocycles. The van der Waals surface area contributed by atoms with Crippen molar-refractivity contribution < 1.29 is 19.4 Å². The number of amides is 2. The topological polar surface area (TPSA) is 166 Å². The average molecular weight is 533 g/mol. The van der Waals surface area contributed by atoms with E-state index in [2.05, 4.69) is 10.4 Å². The molecule has 3 aromatic rings. The molecular formula is C28H32N6O5. The van der Waals surface area contributed by atoms with Crippen molar-refractivity contribution in [1.29, 1.82) is 0 Å². The normalized spacial score (nSPS) is 12.0. The Morgan fingerprint density at radius 1 is 1.03 bits per heavy atom. The molecule has 0 aliphatic heterocycles. The van der Waals surface area contributed by atoms with Gasteiger partial charge in [-0.2, -0.15) is 0 Å². The molecule has 3 rings (SSSR count). The summed E-state index contributed by atoms with van der Waals surface area (Å²) in [5, 5.41) is 15.0.